The predicted molar refractivity (Wildman–Crippen MR) is 91.6 cm³/mol. The monoisotopic (exact) mass is 382 g/mol. The van der Waals surface area contributed by atoms with Crippen molar-refractivity contribution in [1.29, 1.82) is 0 Å². The van der Waals surface area contributed by atoms with Crippen molar-refractivity contribution in [2.24, 2.45) is 12.0 Å². The normalized spacial score (nSPS) is 11.6. The Labute approximate surface area is 143 Å². The number of aromatic nitrogens is 3. The molecule has 1 aromatic heterocycles. The minimum absolute atomic E-state index is 0.177. The first kappa shape index (κ1) is 17.4. The van der Waals surface area contributed by atoms with E-state index in [1.165, 1.54) is 12.4 Å². The van der Waals surface area contributed by atoms with E-state index in [1.54, 1.807) is 17.8 Å². The average Bonchev–Trinajstić information content (AvgIpc) is 2.93. The van der Waals surface area contributed by atoms with E-state index in [0.29, 0.717) is 25.5 Å². The summed E-state index contributed by atoms with van der Waals surface area (Å²) in [5, 5.41) is 10.4. The fraction of sp³-hybridized carbons (Fsp3) is 0.400. The molecule has 23 heavy (non-hydrogen) atoms. The van der Waals surface area contributed by atoms with Crippen molar-refractivity contribution >= 4 is 21.9 Å². The highest BCUT2D eigenvalue weighted by Gasteiger charge is 2.04. The Hall–Kier alpha value is -1.96. The molecule has 0 bridgehead atoms. The minimum atomic E-state index is -0.177. The van der Waals surface area contributed by atoms with Crippen molar-refractivity contribution in [2.75, 3.05) is 13.6 Å². The minimum Gasteiger partial charge on any atom is -0.356 e. The molecule has 124 valence electrons. The third kappa shape index (κ3) is 5.31. The molecule has 0 amide bonds. The van der Waals surface area contributed by atoms with Gasteiger partial charge in [-0.3, -0.25) is 9.67 Å². The Bertz CT molecular complexity index is 670. The molecule has 0 fully saturated rings. The second kappa shape index (κ2) is 8.61. The fourth-order valence-electron chi connectivity index (χ4n) is 2.07. The molecule has 2 rings (SSSR count). The summed E-state index contributed by atoms with van der Waals surface area (Å²) in [6.45, 7) is 1.24. The number of halogens is 2. The third-order valence-electron chi connectivity index (χ3n) is 3.37. The molecule has 0 spiro atoms. The number of guanidine groups is 1. The zero-order valence-electron chi connectivity index (χ0n) is 13.2. The van der Waals surface area contributed by atoms with Crippen molar-refractivity contribution in [3.63, 3.8) is 0 Å². The van der Waals surface area contributed by atoms with Crippen molar-refractivity contribution in [3.8, 4) is 0 Å². The van der Waals surface area contributed by atoms with Gasteiger partial charge in [-0.05, 0) is 30.5 Å². The van der Waals surface area contributed by atoms with Crippen LogP contribution in [0.4, 0.5) is 4.39 Å². The predicted octanol–water partition coefficient (Wildman–Crippen LogP) is 2.01. The Kier molecular flexibility index (Phi) is 6.52. The van der Waals surface area contributed by atoms with E-state index in [9.17, 15) is 4.39 Å². The summed E-state index contributed by atoms with van der Waals surface area (Å²) >= 11 is 3.26. The highest BCUT2D eigenvalue weighted by Crippen LogP contribution is 2.16. The largest absolute Gasteiger partial charge is 0.356 e. The van der Waals surface area contributed by atoms with Crippen LogP contribution in [0.1, 0.15) is 17.8 Å². The van der Waals surface area contributed by atoms with Crippen LogP contribution in [0, 0.1) is 5.82 Å². The Balaban J connectivity index is 1.72. The van der Waals surface area contributed by atoms with E-state index < -0.39 is 0 Å². The van der Waals surface area contributed by atoms with Gasteiger partial charge in [-0.1, -0.05) is 22.0 Å². The molecule has 0 radical (unpaired) electrons. The number of aryl methyl sites for hydroxylation is 2. The highest BCUT2D eigenvalue weighted by molar-refractivity contribution is 9.10. The van der Waals surface area contributed by atoms with Gasteiger partial charge in [0.25, 0.3) is 0 Å². The third-order valence-corrected chi connectivity index (χ3v) is 3.87. The number of rotatable bonds is 6. The molecule has 0 aliphatic carbocycles. The van der Waals surface area contributed by atoms with Crippen molar-refractivity contribution < 1.29 is 4.39 Å². The van der Waals surface area contributed by atoms with Crippen molar-refractivity contribution in [3.05, 3.63) is 46.2 Å². The molecule has 0 unspecified atom stereocenters. The van der Waals surface area contributed by atoms with Crippen molar-refractivity contribution in [1.82, 2.24) is 25.4 Å². The second-order valence-electron chi connectivity index (χ2n) is 4.99. The highest BCUT2D eigenvalue weighted by atomic mass is 79.9. The number of aliphatic imine (C=N–C) groups is 1. The van der Waals surface area contributed by atoms with Crippen LogP contribution in [0.3, 0.4) is 0 Å². The lowest BCUT2D eigenvalue weighted by molar-refractivity contribution is 0.601. The molecule has 8 heteroatoms. The number of nitrogens with zero attached hydrogens (tertiary/aromatic N) is 4. The summed E-state index contributed by atoms with van der Waals surface area (Å²) in [6, 6.07) is 5.15. The summed E-state index contributed by atoms with van der Waals surface area (Å²) < 4.78 is 16.2. The maximum absolute atomic E-state index is 13.7. The van der Waals surface area contributed by atoms with Gasteiger partial charge in [0.2, 0.25) is 0 Å². The maximum Gasteiger partial charge on any atom is 0.191 e. The molecule has 1 aromatic carbocycles. The van der Waals surface area contributed by atoms with Crippen LogP contribution >= 0.6 is 15.9 Å². The van der Waals surface area contributed by atoms with Gasteiger partial charge in [-0.2, -0.15) is 5.10 Å². The van der Waals surface area contributed by atoms with Gasteiger partial charge in [0.05, 0.1) is 6.54 Å². The van der Waals surface area contributed by atoms with E-state index in [4.69, 9.17) is 0 Å². The molecule has 0 aliphatic rings. The fourth-order valence-corrected chi connectivity index (χ4v) is 2.41. The van der Waals surface area contributed by atoms with Gasteiger partial charge < -0.3 is 10.6 Å². The number of hydrogen-bond acceptors (Lipinski definition) is 3. The van der Waals surface area contributed by atoms with Gasteiger partial charge in [-0.25, -0.2) is 9.37 Å². The van der Waals surface area contributed by atoms with Gasteiger partial charge in [0, 0.05) is 25.1 Å². The van der Waals surface area contributed by atoms with Gasteiger partial charge in [0.15, 0.2) is 5.96 Å². The van der Waals surface area contributed by atoms with Gasteiger partial charge >= 0.3 is 0 Å². The molecular formula is C15H20BrFN6. The van der Waals surface area contributed by atoms with Crippen LogP contribution in [-0.4, -0.2) is 34.3 Å². The van der Waals surface area contributed by atoms with E-state index in [-0.39, 0.29) is 5.82 Å². The lowest BCUT2D eigenvalue weighted by Crippen LogP contribution is -2.38. The van der Waals surface area contributed by atoms with Crippen molar-refractivity contribution in [2.45, 2.75) is 19.4 Å². The number of benzene rings is 1. The topological polar surface area (TPSA) is 67.1 Å². The Morgan fingerprint density at radius 3 is 2.87 bits per heavy atom. The lowest BCUT2D eigenvalue weighted by Gasteiger charge is -2.11. The molecule has 0 saturated heterocycles. The van der Waals surface area contributed by atoms with Crippen LogP contribution < -0.4 is 10.6 Å². The smallest absolute Gasteiger partial charge is 0.191 e. The molecule has 6 nitrogen and oxygen atoms in total. The van der Waals surface area contributed by atoms with E-state index in [1.807, 2.05) is 13.1 Å². The second-order valence-corrected chi connectivity index (χ2v) is 5.91. The summed E-state index contributed by atoms with van der Waals surface area (Å²) in [4.78, 5) is 8.28. The van der Waals surface area contributed by atoms with Crippen LogP contribution in [0.25, 0.3) is 0 Å². The molecular weight excluding hydrogens is 363 g/mol. The quantitative estimate of drug-likeness (QED) is 0.455. The van der Waals surface area contributed by atoms with Crippen LogP contribution in [0.5, 0.6) is 0 Å². The molecule has 0 saturated carbocycles. The number of nitrogens with one attached hydrogen (secondary N) is 2. The van der Waals surface area contributed by atoms with Crippen LogP contribution in [0.2, 0.25) is 0 Å². The van der Waals surface area contributed by atoms with E-state index >= 15 is 0 Å². The maximum atomic E-state index is 13.7. The van der Waals surface area contributed by atoms with E-state index in [0.717, 1.165) is 22.3 Å². The Morgan fingerprint density at radius 2 is 2.22 bits per heavy atom. The first-order chi connectivity index (χ1) is 11.1. The molecule has 0 atom stereocenters. The molecule has 0 aliphatic heterocycles. The zero-order valence-corrected chi connectivity index (χ0v) is 14.8. The summed E-state index contributed by atoms with van der Waals surface area (Å²) in [5.74, 6) is 1.33. The summed E-state index contributed by atoms with van der Waals surface area (Å²) in [7, 11) is 3.55. The average molecular weight is 383 g/mol. The standard InChI is InChI=1S/C15H20BrFN6/c1-18-15(20-9-14-21-10-22-23(14)2)19-7-3-4-11-5-6-12(16)8-13(11)17/h5-6,8,10H,3-4,7,9H2,1-2H3,(H2,18,19,20). The zero-order chi connectivity index (χ0) is 16.7. The van der Waals surface area contributed by atoms with E-state index in [2.05, 4.69) is 41.6 Å². The SMILES string of the molecule is CN=C(NCCCc1ccc(Br)cc1F)NCc1ncnn1C. The first-order valence-corrected chi connectivity index (χ1v) is 8.10. The molecule has 2 aromatic rings. The summed E-state index contributed by atoms with van der Waals surface area (Å²) in [6.07, 6.45) is 3.00. The molecule has 1 heterocycles. The Morgan fingerprint density at radius 1 is 1.39 bits per heavy atom. The summed E-state index contributed by atoms with van der Waals surface area (Å²) in [5.41, 5.74) is 0.719. The van der Waals surface area contributed by atoms with Crippen LogP contribution in [0.15, 0.2) is 34.0 Å². The molecule has 2 N–H and O–H groups in total. The van der Waals surface area contributed by atoms with Gasteiger partial charge in [-0.15, -0.1) is 0 Å². The first-order valence-electron chi connectivity index (χ1n) is 7.31. The van der Waals surface area contributed by atoms with Crippen LogP contribution in [-0.2, 0) is 20.0 Å². The van der Waals surface area contributed by atoms with Gasteiger partial charge in [0.1, 0.15) is 18.0 Å². The number of hydrogen-bond donors (Lipinski definition) is 2. The lowest BCUT2D eigenvalue weighted by atomic mass is 10.1.